The van der Waals surface area contributed by atoms with Crippen LogP contribution in [-0.4, -0.2) is 25.2 Å². The van der Waals surface area contributed by atoms with Crippen molar-refractivity contribution in [2.45, 2.75) is 20.0 Å². The molecule has 1 N–H and O–H groups in total. The number of rotatable bonds is 5. The highest BCUT2D eigenvalue weighted by atomic mass is 35.5. The predicted octanol–water partition coefficient (Wildman–Crippen LogP) is 2.86. The quantitative estimate of drug-likeness (QED) is 0.551. The van der Waals surface area contributed by atoms with Crippen LogP contribution in [0.2, 0.25) is 5.02 Å². The first kappa shape index (κ1) is 18.9. The van der Waals surface area contributed by atoms with E-state index in [1.165, 1.54) is 17.1 Å². The van der Waals surface area contributed by atoms with E-state index in [4.69, 9.17) is 11.6 Å². The second kappa shape index (κ2) is 7.89. The van der Waals surface area contributed by atoms with Gasteiger partial charge in [0.25, 0.3) is 5.56 Å². The van der Waals surface area contributed by atoms with Crippen molar-refractivity contribution in [2.24, 2.45) is 0 Å². The van der Waals surface area contributed by atoms with Crippen molar-refractivity contribution in [1.29, 1.82) is 0 Å². The molecule has 0 aliphatic heterocycles. The topological polar surface area (TPSA) is 81.8 Å². The van der Waals surface area contributed by atoms with Crippen LogP contribution in [0.5, 0.6) is 0 Å². The first-order valence-electron chi connectivity index (χ1n) is 9.02. The van der Waals surface area contributed by atoms with Gasteiger partial charge in [-0.2, -0.15) is 5.10 Å². The highest BCUT2D eigenvalue weighted by Crippen LogP contribution is 2.17. The molecule has 0 radical (unpaired) electrons. The van der Waals surface area contributed by atoms with Gasteiger partial charge >= 0.3 is 0 Å². The van der Waals surface area contributed by atoms with Gasteiger partial charge in [-0.3, -0.25) is 14.2 Å². The summed E-state index contributed by atoms with van der Waals surface area (Å²) in [4.78, 5) is 29.4. The number of benzene rings is 2. The van der Waals surface area contributed by atoms with E-state index in [1.54, 1.807) is 22.9 Å². The number of halogens is 1. The Morgan fingerprint density at radius 1 is 1.17 bits per heavy atom. The van der Waals surface area contributed by atoms with E-state index in [2.05, 4.69) is 15.4 Å². The number of nitrogens with zero attached hydrogens (tertiary/aromatic N) is 4. The van der Waals surface area contributed by atoms with Crippen LogP contribution in [0.25, 0.3) is 16.7 Å². The second-order valence-electron chi connectivity index (χ2n) is 6.71. The Labute approximate surface area is 171 Å². The number of aryl methyl sites for hydroxylation is 1. The zero-order valence-corrected chi connectivity index (χ0v) is 16.4. The van der Waals surface area contributed by atoms with Crippen molar-refractivity contribution in [3.63, 3.8) is 0 Å². The Kier molecular flexibility index (Phi) is 5.14. The first-order valence-corrected chi connectivity index (χ1v) is 9.40. The van der Waals surface area contributed by atoms with E-state index in [-0.39, 0.29) is 18.0 Å². The fourth-order valence-corrected chi connectivity index (χ4v) is 3.16. The van der Waals surface area contributed by atoms with E-state index < -0.39 is 0 Å². The summed E-state index contributed by atoms with van der Waals surface area (Å²) in [5.74, 6) is -0.268. The molecule has 0 unspecified atom stereocenters. The number of carbonyl (C=O) groups is 1. The fraction of sp³-hybridized carbons (Fsp3) is 0.143. The van der Waals surface area contributed by atoms with Crippen LogP contribution in [0.4, 0.5) is 0 Å². The lowest BCUT2D eigenvalue weighted by Crippen LogP contribution is -2.32. The minimum atomic E-state index is -0.325. The molecule has 0 saturated heterocycles. The molecule has 4 aromatic rings. The van der Waals surface area contributed by atoms with Gasteiger partial charge in [-0.15, -0.1) is 0 Å². The zero-order chi connectivity index (χ0) is 20.4. The summed E-state index contributed by atoms with van der Waals surface area (Å²) < 4.78 is 2.82. The molecule has 8 heteroatoms. The van der Waals surface area contributed by atoms with Crippen LogP contribution in [0.3, 0.4) is 0 Å². The lowest BCUT2D eigenvalue weighted by atomic mass is 10.1. The van der Waals surface area contributed by atoms with Gasteiger partial charge in [0.2, 0.25) is 5.91 Å². The van der Waals surface area contributed by atoms with Gasteiger partial charge in [-0.1, -0.05) is 47.5 Å². The largest absolute Gasteiger partial charge is 0.350 e. The lowest BCUT2D eigenvalue weighted by Gasteiger charge is -2.08. The summed E-state index contributed by atoms with van der Waals surface area (Å²) in [6.07, 6.45) is 2.81. The molecule has 2 aromatic carbocycles. The summed E-state index contributed by atoms with van der Waals surface area (Å²) in [7, 11) is 0. The Balaban J connectivity index is 1.53. The Morgan fingerprint density at radius 2 is 1.97 bits per heavy atom. The van der Waals surface area contributed by atoms with Crippen molar-refractivity contribution >= 4 is 28.5 Å². The zero-order valence-electron chi connectivity index (χ0n) is 15.7. The summed E-state index contributed by atoms with van der Waals surface area (Å²) in [5.41, 5.74) is 2.94. The summed E-state index contributed by atoms with van der Waals surface area (Å²) in [5, 5.41) is 7.96. The van der Waals surface area contributed by atoms with Gasteiger partial charge < -0.3 is 5.32 Å². The third-order valence-electron chi connectivity index (χ3n) is 4.53. The third kappa shape index (κ3) is 4.05. The molecular weight excluding hydrogens is 390 g/mol. The average molecular weight is 408 g/mol. The van der Waals surface area contributed by atoms with Crippen molar-refractivity contribution in [2.75, 3.05) is 0 Å². The molecule has 2 aromatic heterocycles. The maximum absolute atomic E-state index is 12.8. The molecule has 0 spiro atoms. The molecule has 0 saturated carbocycles. The molecule has 4 rings (SSSR count). The highest BCUT2D eigenvalue weighted by Gasteiger charge is 2.13. The van der Waals surface area contributed by atoms with E-state index >= 15 is 0 Å². The SMILES string of the molecule is Cc1ccc(CNC(=O)Cn2cnc3c(cnn3-c3cccc(Cl)c3)c2=O)cc1. The number of hydrogen-bond donors (Lipinski definition) is 1. The number of amides is 1. The number of carbonyl (C=O) groups excluding carboxylic acids is 1. The molecule has 1 amide bonds. The first-order chi connectivity index (χ1) is 14.0. The van der Waals surface area contributed by atoms with Crippen LogP contribution in [-0.2, 0) is 17.9 Å². The van der Waals surface area contributed by atoms with Gasteiger partial charge in [0.05, 0.1) is 11.9 Å². The normalized spacial score (nSPS) is 11.0. The second-order valence-corrected chi connectivity index (χ2v) is 7.15. The standard InChI is InChI=1S/C21H18ClN5O2/c1-14-5-7-15(8-6-14)10-23-19(28)12-26-13-24-20-18(21(26)29)11-25-27(20)17-4-2-3-16(22)9-17/h2-9,11,13H,10,12H2,1H3,(H,23,28). The van der Waals surface area contributed by atoms with Gasteiger partial charge in [-0.05, 0) is 30.7 Å². The molecule has 29 heavy (non-hydrogen) atoms. The van der Waals surface area contributed by atoms with E-state index in [0.717, 1.165) is 11.1 Å². The highest BCUT2D eigenvalue weighted by molar-refractivity contribution is 6.30. The Hall–Kier alpha value is -3.45. The fourth-order valence-electron chi connectivity index (χ4n) is 2.98. The van der Waals surface area contributed by atoms with E-state index in [1.807, 2.05) is 37.3 Å². The van der Waals surface area contributed by atoms with Gasteiger partial charge in [-0.25, -0.2) is 9.67 Å². The Morgan fingerprint density at radius 3 is 2.72 bits per heavy atom. The van der Waals surface area contributed by atoms with E-state index in [0.29, 0.717) is 28.3 Å². The van der Waals surface area contributed by atoms with Crippen molar-refractivity contribution in [3.05, 3.63) is 87.6 Å². The van der Waals surface area contributed by atoms with Crippen molar-refractivity contribution < 1.29 is 4.79 Å². The minimum absolute atomic E-state index is 0.115. The maximum atomic E-state index is 12.8. The molecule has 0 fully saturated rings. The van der Waals surface area contributed by atoms with Crippen molar-refractivity contribution in [3.8, 4) is 5.69 Å². The maximum Gasteiger partial charge on any atom is 0.264 e. The number of aromatic nitrogens is 4. The monoisotopic (exact) mass is 407 g/mol. The van der Waals surface area contributed by atoms with Crippen molar-refractivity contribution in [1.82, 2.24) is 24.6 Å². The van der Waals surface area contributed by atoms with Crippen LogP contribution in [0.1, 0.15) is 11.1 Å². The molecule has 146 valence electrons. The molecule has 0 aliphatic carbocycles. The lowest BCUT2D eigenvalue weighted by molar-refractivity contribution is -0.121. The van der Waals surface area contributed by atoms with Crippen LogP contribution >= 0.6 is 11.6 Å². The number of hydrogen-bond acceptors (Lipinski definition) is 4. The van der Waals surface area contributed by atoms with Crippen LogP contribution in [0.15, 0.2) is 65.8 Å². The molecule has 0 atom stereocenters. The summed E-state index contributed by atoms with van der Waals surface area (Å²) in [6, 6.07) is 15.0. The number of nitrogens with one attached hydrogen (secondary N) is 1. The Bertz CT molecular complexity index is 1240. The minimum Gasteiger partial charge on any atom is -0.350 e. The average Bonchev–Trinajstić information content (AvgIpc) is 3.15. The smallest absolute Gasteiger partial charge is 0.264 e. The summed E-state index contributed by atoms with van der Waals surface area (Å²) >= 11 is 6.04. The summed E-state index contributed by atoms with van der Waals surface area (Å²) in [6.45, 7) is 2.29. The molecule has 0 bridgehead atoms. The molecule has 0 aliphatic rings. The van der Waals surface area contributed by atoms with Gasteiger partial charge in [0.15, 0.2) is 5.65 Å². The molecule has 7 nitrogen and oxygen atoms in total. The molecule has 2 heterocycles. The third-order valence-corrected chi connectivity index (χ3v) is 4.77. The predicted molar refractivity (Wildman–Crippen MR) is 111 cm³/mol. The number of fused-ring (bicyclic) bond motifs is 1. The van der Waals surface area contributed by atoms with Crippen LogP contribution < -0.4 is 10.9 Å². The van der Waals surface area contributed by atoms with Gasteiger partial charge in [0.1, 0.15) is 18.3 Å². The van der Waals surface area contributed by atoms with Crippen LogP contribution in [0, 0.1) is 6.92 Å². The van der Waals surface area contributed by atoms with Gasteiger partial charge in [0, 0.05) is 11.6 Å². The molecular formula is C21H18ClN5O2. The van der Waals surface area contributed by atoms with E-state index in [9.17, 15) is 9.59 Å².